The van der Waals surface area contributed by atoms with Crippen molar-refractivity contribution in [1.82, 2.24) is 4.57 Å². The van der Waals surface area contributed by atoms with Gasteiger partial charge in [-0.2, -0.15) is 8.78 Å². The van der Waals surface area contributed by atoms with E-state index in [0.29, 0.717) is 11.1 Å². The molecule has 0 radical (unpaired) electrons. The fourth-order valence-corrected chi connectivity index (χ4v) is 4.35. The number of nitrogens with one attached hydrogen (secondary N) is 1. The molecule has 1 aliphatic heterocycles. The van der Waals surface area contributed by atoms with Gasteiger partial charge in [0, 0.05) is 29.5 Å². The van der Waals surface area contributed by atoms with Gasteiger partial charge in [-0.15, -0.1) is 0 Å². The molecule has 8 heteroatoms. The molecule has 1 saturated carbocycles. The highest BCUT2D eigenvalue weighted by Crippen LogP contribution is 2.44. The fraction of sp³-hybridized carbons (Fsp3) is 0.304. The maximum absolute atomic E-state index is 13.5. The van der Waals surface area contributed by atoms with Gasteiger partial charge in [0.25, 0.3) is 0 Å². The minimum atomic E-state index is -3.10. The fourth-order valence-electron chi connectivity index (χ4n) is 4.35. The molecule has 6 nitrogen and oxygen atoms in total. The van der Waals surface area contributed by atoms with Crippen LogP contribution in [0.4, 0.5) is 14.5 Å². The summed E-state index contributed by atoms with van der Waals surface area (Å²) in [5, 5.41) is 12.9. The molecule has 1 aliphatic carbocycles. The number of hydrogen-bond acceptors (Lipinski definition) is 4. The van der Waals surface area contributed by atoms with Crippen LogP contribution in [0.15, 0.2) is 41.3 Å². The Labute approximate surface area is 176 Å². The van der Waals surface area contributed by atoms with Gasteiger partial charge in [0.15, 0.2) is 5.75 Å². The predicted octanol–water partition coefficient (Wildman–Crippen LogP) is 4.66. The molecule has 3 aromatic rings. The van der Waals surface area contributed by atoms with Gasteiger partial charge in [-0.25, -0.2) is 4.79 Å². The molecule has 2 aliphatic rings. The quantitative estimate of drug-likeness (QED) is 0.620. The van der Waals surface area contributed by atoms with Crippen molar-refractivity contribution in [2.75, 3.05) is 5.32 Å². The monoisotopic (exact) mass is 426 g/mol. The SMILES string of the molecule is C[C@H]1Cc2ccc(-c3ccc4c(=O)c(C(=O)O)cn(C5CC5)c4c3OC(F)F)cc2N1. The number of alkyl halides is 2. The van der Waals surface area contributed by atoms with Gasteiger partial charge in [-0.05, 0) is 55.5 Å². The number of carbonyl (C=O) groups is 1. The lowest BCUT2D eigenvalue weighted by Gasteiger charge is -2.19. The van der Waals surface area contributed by atoms with E-state index < -0.39 is 18.0 Å². The molecule has 5 rings (SSSR count). The van der Waals surface area contributed by atoms with Crippen LogP contribution in [0, 0.1) is 0 Å². The highest BCUT2D eigenvalue weighted by Gasteiger charge is 2.30. The summed E-state index contributed by atoms with van der Waals surface area (Å²) in [6.45, 7) is -1.03. The molecule has 0 bridgehead atoms. The first kappa shape index (κ1) is 19.5. The second kappa shape index (κ2) is 7.08. The van der Waals surface area contributed by atoms with E-state index in [9.17, 15) is 23.5 Å². The molecule has 0 spiro atoms. The molecule has 1 fully saturated rings. The van der Waals surface area contributed by atoms with Gasteiger partial charge in [-0.1, -0.05) is 12.1 Å². The number of anilines is 1. The minimum Gasteiger partial charge on any atom is -0.477 e. The molecule has 0 unspecified atom stereocenters. The lowest BCUT2D eigenvalue weighted by molar-refractivity contribution is -0.0486. The van der Waals surface area contributed by atoms with Crippen molar-refractivity contribution in [3.05, 3.63) is 57.9 Å². The van der Waals surface area contributed by atoms with Crippen LogP contribution in [0.2, 0.25) is 0 Å². The Hall–Kier alpha value is -3.42. The van der Waals surface area contributed by atoms with E-state index in [2.05, 4.69) is 12.2 Å². The Bertz CT molecular complexity index is 1280. The largest absolute Gasteiger partial charge is 0.477 e. The second-order valence-electron chi connectivity index (χ2n) is 8.15. The number of aromatic carboxylic acids is 1. The third-order valence-electron chi connectivity index (χ3n) is 5.87. The number of fused-ring (bicyclic) bond motifs is 2. The first-order chi connectivity index (χ1) is 14.8. The zero-order chi connectivity index (χ0) is 21.9. The predicted molar refractivity (Wildman–Crippen MR) is 112 cm³/mol. The Balaban J connectivity index is 1.80. The van der Waals surface area contributed by atoms with Crippen molar-refractivity contribution in [2.45, 2.75) is 44.9 Å². The summed E-state index contributed by atoms with van der Waals surface area (Å²) in [4.78, 5) is 24.4. The number of hydrogen-bond donors (Lipinski definition) is 2. The molecule has 1 aromatic heterocycles. The highest BCUT2D eigenvalue weighted by molar-refractivity contribution is 5.98. The highest BCUT2D eigenvalue weighted by atomic mass is 19.3. The van der Waals surface area contributed by atoms with Gasteiger partial charge in [0.2, 0.25) is 5.43 Å². The van der Waals surface area contributed by atoms with Crippen LogP contribution in [0.25, 0.3) is 22.0 Å². The van der Waals surface area contributed by atoms with Crippen molar-refractivity contribution in [3.63, 3.8) is 0 Å². The number of benzene rings is 2. The number of pyridine rings is 1. The van der Waals surface area contributed by atoms with Crippen LogP contribution in [0.3, 0.4) is 0 Å². The van der Waals surface area contributed by atoms with Gasteiger partial charge < -0.3 is 19.7 Å². The first-order valence-electron chi connectivity index (χ1n) is 10.1. The van der Waals surface area contributed by atoms with E-state index in [4.69, 9.17) is 4.74 Å². The number of ether oxygens (including phenoxy) is 1. The van der Waals surface area contributed by atoms with Crippen molar-refractivity contribution in [2.24, 2.45) is 0 Å². The van der Waals surface area contributed by atoms with Gasteiger partial charge in [0.1, 0.15) is 5.56 Å². The van der Waals surface area contributed by atoms with Gasteiger partial charge in [-0.3, -0.25) is 4.79 Å². The van der Waals surface area contributed by atoms with E-state index in [1.54, 1.807) is 10.6 Å². The van der Waals surface area contributed by atoms with E-state index in [1.165, 1.54) is 12.3 Å². The Morgan fingerprint density at radius 3 is 2.71 bits per heavy atom. The molecule has 0 saturated heterocycles. The van der Waals surface area contributed by atoms with Crippen molar-refractivity contribution < 1.29 is 23.4 Å². The molecule has 2 N–H and O–H groups in total. The van der Waals surface area contributed by atoms with E-state index in [0.717, 1.165) is 30.5 Å². The van der Waals surface area contributed by atoms with Crippen molar-refractivity contribution >= 4 is 22.6 Å². The molecule has 2 heterocycles. The summed E-state index contributed by atoms with van der Waals surface area (Å²) in [5.74, 6) is -1.46. The number of rotatable bonds is 5. The lowest BCUT2D eigenvalue weighted by atomic mass is 9.98. The molecular weight excluding hydrogens is 406 g/mol. The number of carboxylic acid groups (broad SMARTS) is 1. The Morgan fingerprint density at radius 1 is 1.26 bits per heavy atom. The zero-order valence-corrected chi connectivity index (χ0v) is 16.7. The Morgan fingerprint density at radius 2 is 2.03 bits per heavy atom. The number of aromatic nitrogens is 1. The summed E-state index contributed by atoms with van der Waals surface area (Å²) in [6.07, 6.45) is 3.68. The van der Waals surface area contributed by atoms with Crippen molar-refractivity contribution in [1.29, 1.82) is 0 Å². The van der Waals surface area contributed by atoms with Gasteiger partial charge in [0.05, 0.1) is 10.9 Å². The second-order valence-corrected chi connectivity index (χ2v) is 8.15. The average Bonchev–Trinajstić information content (AvgIpc) is 3.48. The molecular formula is C23H20F2N2O4. The molecule has 31 heavy (non-hydrogen) atoms. The standard InChI is InChI=1S/C23H20F2N2O4/c1-11-8-13-3-2-12(9-18(13)26-11)15-6-7-16-19(21(15)31-23(24)25)27(14-4-5-14)10-17(20(16)28)22(29)30/h2-3,6-7,9-11,14,23,26H,4-5,8H2,1H3,(H,29,30)/t11-/m0/s1. The van der Waals surface area contributed by atoms with Crippen LogP contribution in [-0.2, 0) is 6.42 Å². The topological polar surface area (TPSA) is 80.6 Å². The third-order valence-corrected chi connectivity index (χ3v) is 5.87. The Kier molecular flexibility index (Phi) is 4.46. The molecule has 2 aromatic carbocycles. The average molecular weight is 426 g/mol. The first-order valence-corrected chi connectivity index (χ1v) is 10.1. The summed E-state index contributed by atoms with van der Waals surface area (Å²) < 4.78 is 33.5. The maximum Gasteiger partial charge on any atom is 0.387 e. The van der Waals surface area contributed by atoms with Crippen LogP contribution in [-0.4, -0.2) is 28.3 Å². The van der Waals surface area contributed by atoms with E-state index in [1.807, 2.05) is 18.2 Å². The number of carboxylic acids is 1. The van der Waals surface area contributed by atoms with E-state index in [-0.39, 0.29) is 34.3 Å². The molecule has 160 valence electrons. The minimum absolute atomic E-state index is 0.0547. The summed E-state index contributed by atoms with van der Waals surface area (Å²) in [5.41, 5.74) is 2.30. The normalized spacial score (nSPS) is 17.6. The van der Waals surface area contributed by atoms with Crippen molar-refractivity contribution in [3.8, 4) is 16.9 Å². The van der Waals surface area contributed by atoms with Crippen LogP contribution in [0.5, 0.6) is 5.75 Å². The van der Waals surface area contributed by atoms with Crippen LogP contribution < -0.4 is 15.5 Å². The summed E-state index contributed by atoms with van der Waals surface area (Å²) in [7, 11) is 0. The lowest BCUT2D eigenvalue weighted by Crippen LogP contribution is -2.19. The summed E-state index contributed by atoms with van der Waals surface area (Å²) in [6, 6.07) is 8.97. The van der Waals surface area contributed by atoms with Crippen LogP contribution >= 0.6 is 0 Å². The van der Waals surface area contributed by atoms with E-state index >= 15 is 0 Å². The molecule has 1 atom stereocenters. The number of nitrogens with zero attached hydrogens (tertiary/aromatic N) is 1. The number of halogens is 2. The maximum atomic E-state index is 13.5. The molecule has 0 amide bonds. The van der Waals surface area contributed by atoms with Crippen LogP contribution in [0.1, 0.15) is 41.7 Å². The van der Waals surface area contributed by atoms with Gasteiger partial charge >= 0.3 is 12.6 Å². The smallest absolute Gasteiger partial charge is 0.387 e. The summed E-state index contributed by atoms with van der Waals surface area (Å²) >= 11 is 0. The third kappa shape index (κ3) is 3.32. The zero-order valence-electron chi connectivity index (χ0n) is 16.7.